The number of aromatic nitrogens is 2. The highest BCUT2D eigenvalue weighted by atomic mass is 16.5. The summed E-state index contributed by atoms with van der Waals surface area (Å²) in [6.45, 7) is 7.77. The smallest absolute Gasteiger partial charge is 0.122 e. The van der Waals surface area contributed by atoms with Crippen LogP contribution in [0.4, 0.5) is 0 Å². The van der Waals surface area contributed by atoms with Crippen LogP contribution in [0, 0.1) is 0 Å². The molecular weight excluding hydrogens is 262 g/mol. The summed E-state index contributed by atoms with van der Waals surface area (Å²) < 4.78 is 5.77. The lowest BCUT2D eigenvalue weighted by molar-refractivity contribution is 0.319. The average molecular weight is 285 g/mol. The van der Waals surface area contributed by atoms with Crippen molar-refractivity contribution >= 4 is 0 Å². The van der Waals surface area contributed by atoms with Crippen molar-refractivity contribution in [1.82, 2.24) is 15.3 Å². The molecule has 0 aromatic carbocycles. The van der Waals surface area contributed by atoms with Gasteiger partial charge in [-0.15, -0.1) is 0 Å². The third-order valence-electron chi connectivity index (χ3n) is 2.94. The SMILES string of the molecule is CC(C)(C)NCc1cc(OCCc2ccccn2)ccn1. The molecule has 0 spiro atoms. The van der Waals surface area contributed by atoms with Crippen molar-refractivity contribution in [3.05, 3.63) is 54.1 Å². The highest BCUT2D eigenvalue weighted by Crippen LogP contribution is 2.12. The van der Waals surface area contributed by atoms with Crippen LogP contribution in [0.25, 0.3) is 0 Å². The second kappa shape index (κ2) is 7.18. The largest absolute Gasteiger partial charge is 0.493 e. The Labute approximate surface area is 126 Å². The minimum Gasteiger partial charge on any atom is -0.493 e. The van der Waals surface area contributed by atoms with Crippen molar-refractivity contribution in [1.29, 1.82) is 0 Å². The van der Waals surface area contributed by atoms with Crippen LogP contribution in [-0.2, 0) is 13.0 Å². The number of hydrogen-bond acceptors (Lipinski definition) is 4. The molecule has 0 aliphatic carbocycles. The number of hydrogen-bond donors (Lipinski definition) is 1. The maximum atomic E-state index is 5.77. The molecule has 4 heteroatoms. The molecular formula is C17H23N3O. The Morgan fingerprint density at radius 2 is 1.86 bits per heavy atom. The van der Waals surface area contributed by atoms with Crippen molar-refractivity contribution in [2.24, 2.45) is 0 Å². The van der Waals surface area contributed by atoms with Gasteiger partial charge in [-0.05, 0) is 39.0 Å². The molecule has 112 valence electrons. The zero-order chi connectivity index (χ0) is 15.1. The van der Waals surface area contributed by atoms with E-state index in [9.17, 15) is 0 Å². The molecule has 0 aliphatic rings. The van der Waals surface area contributed by atoms with Crippen LogP contribution in [0.2, 0.25) is 0 Å². The first-order chi connectivity index (χ1) is 10.0. The van der Waals surface area contributed by atoms with E-state index in [-0.39, 0.29) is 5.54 Å². The molecule has 0 radical (unpaired) electrons. The molecule has 2 aromatic heterocycles. The Hall–Kier alpha value is -1.94. The van der Waals surface area contributed by atoms with Crippen LogP contribution >= 0.6 is 0 Å². The number of nitrogens with one attached hydrogen (secondary N) is 1. The Kier molecular flexibility index (Phi) is 5.28. The lowest BCUT2D eigenvalue weighted by Gasteiger charge is -2.20. The second-order valence-electron chi connectivity index (χ2n) is 6.01. The van der Waals surface area contributed by atoms with E-state index in [4.69, 9.17) is 4.74 Å². The summed E-state index contributed by atoms with van der Waals surface area (Å²) in [5.41, 5.74) is 2.11. The van der Waals surface area contributed by atoms with Crippen LogP contribution in [-0.4, -0.2) is 22.1 Å². The van der Waals surface area contributed by atoms with Gasteiger partial charge in [-0.25, -0.2) is 0 Å². The number of rotatable bonds is 6. The van der Waals surface area contributed by atoms with Gasteiger partial charge in [0.15, 0.2) is 0 Å². The van der Waals surface area contributed by atoms with Gasteiger partial charge < -0.3 is 10.1 Å². The Morgan fingerprint density at radius 3 is 2.57 bits per heavy atom. The summed E-state index contributed by atoms with van der Waals surface area (Å²) in [4.78, 5) is 8.64. The van der Waals surface area contributed by atoms with E-state index in [1.807, 2.05) is 30.3 Å². The molecule has 0 unspecified atom stereocenters. The molecule has 0 aliphatic heterocycles. The van der Waals surface area contributed by atoms with Crippen LogP contribution in [0.5, 0.6) is 5.75 Å². The molecule has 0 atom stereocenters. The second-order valence-corrected chi connectivity index (χ2v) is 6.01. The van der Waals surface area contributed by atoms with Crippen molar-refractivity contribution in [3.63, 3.8) is 0 Å². The van der Waals surface area contributed by atoms with Gasteiger partial charge in [0.1, 0.15) is 5.75 Å². The maximum Gasteiger partial charge on any atom is 0.122 e. The van der Waals surface area contributed by atoms with Crippen molar-refractivity contribution in [3.8, 4) is 5.75 Å². The van der Waals surface area contributed by atoms with E-state index < -0.39 is 0 Å². The number of pyridine rings is 2. The summed E-state index contributed by atoms with van der Waals surface area (Å²) in [5, 5.41) is 3.42. The number of nitrogens with zero attached hydrogens (tertiary/aromatic N) is 2. The summed E-state index contributed by atoms with van der Waals surface area (Å²) in [7, 11) is 0. The molecule has 2 heterocycles. The molecule has 0 amide bonds. The highest BCUT2D eigenvalue weighted by Gasteiger charge is 2.09. The summed E-state index contributed by atoms with van der Waals surface area (Å²) in [6, 6.07) is 9.79. The van der Waals surface area contributed by atoms with E-state index in [2.05, 4.69) is 36.1 Å². The standard InChI is InChI=1S/C17H23N3O/c1-17(2,3)20-13-15-12-16(7-10-19-15)21-11-8-14-6-4-5-9-18-14/h4-7,9-10,12,20H,8,11,13H2,1-3H3. The van der Waals surface area contributed by atoms with Gasteiger partial charge >= 0.3 is 0 Å². The van der Waals surface area contributed by atoms with Crippen LogP contribution < -0.4 is 10.1 Å². The molecule has 4 nitrogen and oxygen atoms in total. The number of ether oxygens (including phenoxy) is 1. The monoisotopic (exact) mass is 285 g/mol. The molecule has 0 fully saturated rings. The van der Waals surface area contributed by atoms with E-state index >= 15 is 0 Å². The third-order valence-corrected chi connectivity index (χ3v) is 2.94. The van der Waals surface area contributed by atoms with Gasteiger partial charge in [0.05, 0.1) is 12.3 Å². The molecule has 2 aromatic rings. The minimum atomic E-state index is 0.0809. The van der Waals surface area contributed by atoms with E-state index in [0.29, 0.717) is 6.61 Å². The predicted molar refractivity (Wildman–Crippen MR) is 84.3 cm³/mol. The first-order valence-electron chi connectivity index (χ1n) is 7.26. The normalized spacial score (nSPS) is 11.4. The summed E-state index contributed by atoms with van der Waals surface area (Å²) in [5.74, 6) is 0.853. The van der Waals surface area contributed by atoms with E-state index in [0.717, 1.165) is 30.1 Å². The predicted octanol–water partition coefficient (Wildman–Crippen LogP) is 2.99. The fourth-order valence-corrected chi connectivity index (χ4v) is 1.82. The average Bonchev–Trinajstić information content (AvgIpc) is 2.46. The van der Waals surface area contributed by atoms with Gasteiger partial charge in [-0.1, -0.05) is 6.07 Å². The fourth-order valence-electron chi connectivity index (χ4n) is 1.82. The topological polar surface area (TPSA) is 47.0 Å². The van der Waals surface area contributed by atoms with E-state index in [1.54, 1.807) is 12.4 Å². The van der Waals surface area contributed by atoms with Gasteiger partial charge in [-0.3, -0.25) is 9.97 Å². The minimum absolute atomic E-state index is 0.0809. The fraction of sp³-hybridized carbons (Fsp3) is 0.412. The van der Waals surface area contributed by atoms with Crippen molar-refractivity contribution < 1.29 is 4.74 Å². The molecule has 0 saturated heterocycles. The highest BCUT2D eigenvalue weighted by molar-refractivity contribution is 5.22. The van der Waals surface area contributed by atoms with Gasteiger partial charge in [0.2, 0.25) is 0 Å². The molecule has 2 rings (SSSR count). The summed E-state index contributed by atoms with van der Waals surface area (Å²) in [6.07, 6.45) is 4.40. The first-order valence-corrected chi connectivity index (χ1v) is 7.26. The van der Waals surface area contributed by atoms with Crippen molar-refractivity contribution in [2.75, 3.05) is 6.61 Å². The quantitative estimate of drug-likeness (QED) is 0.886. The third kappa shape index (κ3) is 5.92. The van der Waals surface area contributed by atoms with Crippen LogP contribution in [0.1, 0.15) is 32.2 Å². The van der Waals surface area contributed by atoms with Gasteiger partial charge in [0, 0.05) is 42.7 Å². The van der Waals surface area contributed by atoms with E-state index in [1.165, 1.54) is 0 Å². The van der Waals surface area contributed by atoms with Gasteiger partial charge in [0.25, 0.3) is 0 Å². The lowest BCUT2D eigenvalue weighted by Crippen LogP contribution is -2.35. The molecule has 1 N–H and O–H groups in total. The van der Waals surface area contributed by atoms with Crippen LogP contribution in [0.3, 0.4) is 0 Å². The Balaban J connectivity index is 1.83. The lowest BCUT2D eigenvalue weighted by atomic mass is 10.1. The molecule has 0 saturated carbocycles. The summed E-state index contributed by atoms with van der Waals surface area (Å²) >= 11 is 0. The van der Waals surface area contributed by atoms with Crippen LogP contribution in [0.15, 0.2) is 42.7 Å². The van der Waals surface area contributed by atoms with Crippen molar-refractivity contribution in [2.45, 2.75) is 39.3 Å². The maximum absolute atomic E-state index is 5.77. The molecule has 21 heavy (non-hydrogen) atoms. The Bertz CT molecular complexity index is 549. The zero-order valence-electron chi connectivity index (χ0n) is 13.0. The van der Waals surface area contributed by atoms with Gasteiger partial charge in [-0.2, -0.15) is 0 Å². The first kappa shape index (κ1) is 15.4. The zero-order valence-corrected chi connectivity index (χ0v) is 13.0. The Morgan fingerprint density at radius 1 is 1.05 bits per heavy atom. The molecule has 0 bridgehead atoms.